The van der Waals surface area contributed by atoms with E-state index in [2.05, 4.69) is 4.90 Å². The van der Waals surface area contributed by atoms with Gasteiger partial charge < -0.3 is 10.8 Å². The minimum absolute atomic E-state index is 0.0159. The summed E-state index contributed by atoms with van der Waals surface area (Å²) in [4.78, 5) is 2.20. The van der Waals surface area contributed by atoms with Crippen LogP contribution < -0.4 is 5.73 Å². The minimum Gasteiger partial charge on any atom is -0.396 e. The predicted molar refractivity (Wildman–Crippen MR) is 57.4 cm³/mol. The maximum Gasteiger partial charge on any atom is 0.108 e. The van der Waals surface area contributed by atoms with Gasteiger partial charge in [0.05, 0.1) is 6.04 Å². The average Bonchev–Trinajstić information content (AvgIpc) is 2.41. The van der Waals surface area contributed by atoms with E-state index >= 15 is 0 Å². The quantitative estimate of drug-likeness (QED) is 0.455. The Hall–Kier alpha value is -0.610. The molecule has 0 radical (unpaired) electrons. The standard InChI is InChI=1S/C10H21N3O/c1-8(10(11)12)13-5-3-2-4-9(6-13)7-14/h8-9,14H,2-7H2,1H3,(H3,11,12). The van der Waals surface area contributed by atoms with Crippen LogP contribution in [-0.4, -0.2) is 41.6 Å². The first kappa shape index (κ1) is 11.5. The van der Waals surface area contributed by atoms with Gasteiger partial charge >= 0.3 is 0 Å². The zero-order chi connectivity index (χ0) is 10.6. The molecule has 4 N–H and O–H groups in total. The number of rotatable bonds is 3. The number of likely N-dealkylation sites (tertiary alicyclic amines) is 1. The van der Waals surface area contributed by atoms with E-state index in [9.17, 15) is 0 Å². The van der Waals surface area contributed by atoms with Crippen molar-refractivity contribution in [3.63, 3.8) is 0 Å². The molecular weight excluding hydrogens is 178 g/mol. The zero-order valence-corrected chi connectivity index (χ0v) is 8.87. The van der Waals surface area contributed by atoms with Crippen LogP contribution in [0.1, 0.15) is 26.2 Å². The monoisotopic (exact) mass is 199 g/mol. The molecule has 2 atom stereocenters. The highest BCUT2D eigenvalue weighted by molar-refractivity contribution is 5.82. The number of aliphatic hydroxyl groups excluding tert-OH is 1. The first-order valence-electron chi connectivity index (χ1n) is 5.34. The molecule has 2 unspecified atom stereocenters. The van der Waals surface area contributed by atoms with Crippen LogP contribution in [0.25, 0.3) is 0 Å². The Bertz CT molecular complexity index is 196. The molecule has 1 rings (SSSR count). The molecule has 0 aromatic carbocycles. The van der Waals surface area contributed by atoms with Crippen LogP contribution in [0.2, 0.25) is 0 Å². The fourth-order valence-corrected chi connectivity index (χ4v) is 1.96. The number of nitrogens with one attached hydrogen (secondary N) is 1. The summed E-state index contributed by atoms with van der Waals surface area (Å²) >= 11 is 0. The number of hydrogen-bond acceptors (Lipinski definition) is 3. The summed E-state index contributed by atoms with van der Waals surface area (Å²) in [6.07, 6.45) is 3.41. The molecule has 0 saturated carbocycles. The van der Waals surface area contributed by atoms with Gasteiger partial charge in [-0.05, 0) is 32.2 Å². The molecule has 0 spiro atoms. The van der Waals surface area contributed by atoms with E-state index < -0.39 is 0 Å². The van der Waals surface area contributed by atoms with Crippen molar-refractivity contribution >= 4 is 5.84 Å². The third kappa shape index (κ3) is 2.96. The highest BCUT2D eigenvalue weighted by atomic mass is 16.3. The molecule has 1 fully saturated rings. The van der Waals surface area contributed by atoms with Gasteiger partial charge in [0.2, 0.25) is 0 Å². The van der Waals surface area contributed by atoms with E-state index in [4.69, 9.17) is 16.2 Å². The van der Waals surface area contributed by atoms with Gasteiger partial charge in [-0.3, -0.25) is 10.3 Å². The molecule has 0 aromatic rings. The second kappa shape index (κ2) is 5.32. The molecule has 14 heavy (non-hydrogen) atoms. The van der Waals surface area contributed by atoms with Crippen LogP contribution in [-0.2, 0) is 0 Å². The van der Waals surface area contributed by atoms with Gasteiger partial charge in [0.15, 0.2) is 0 Å². The van der Waals surface area contributed by atoms with E-state index in [1.165, 1.54) is 6.42 Å². The lowest BCUT2D eigenvalue weighted by molar-refractivity contribution is 0.165. The molecule has 1 aliphatic heterocycles. The second-order valence-corrected chi connectivity index (χ2v) is 4.17. The Labute approximate surface area is 85.6 Å². The van der Waals surface area contributed by atoms with Crippen molar-refractivity contribution in [1.29, 1.82) is 5.41 Å². The first-order chi connectivity index (χ1) is 6.65. The van der Waals surface area contributed by atoms with Gasteiger partial charge in [-0.1, -0.05) is 6.42 Å². The topological polar surface area (TPSA) is 73.3 Å². The third-order valence-corrected chi connectivity index (χ3v) is 3.06. The normalized spacial score (nSPS) is 26.9. The lowest BCUT2D eigenvalue weighted by Crippen LogP contribution is -2.44. The Morgan fingerprint density at radius 3 is 2.93 bits per heavy atom. The van der Waals surface area contributed by atoms with Crippen LogP contribution in [0.4, 0.5) is 0 Å². The third-order valence-electron chi connectivity index (χ3n) is 3.06. The summed E-state index contributed by atoms with van der Waals surface area (Å²) in [6.45, 7) is 4.08. The van der Waals surface area contributed by atoms with Crippen molar-refractivity contribution < 1.29 is 5.11 Å². The average molecular weight is 199 g/mol. The van der Waals surface area contributed by atoms with Gasteiger partial charge in [0.25, 0.3) is 0 Å². The molecule has 82 valence electrons. The van der Waals surface area contributed by atoms with Gasteiger partial charge in [0, 0.05) is 13.2 Å². The maximum atomic E-state index is 9.14. The highest BCUT2D eigenvalue weighted by Crippen LogP contribution is 2.17. The predicted octanol–water partition coefficient (Wildman–Crippen LogP) is 0.405. The van der Waals surface area contributed by atoms with Crippen LogP contribution >= 0.6 is 0 Å². The van der Waals surface area contributed by atoms with Crippen LogP contribution in [0.3, 0.4) is 0 Å². The van der Waals surface area contributed by atoms with Crippen LogP contribution in [0.5, 0.6) is 0 Å². The molecule has 1 heterocycles. The van der Waals surface area contributed by atoms with Gasteiger partial charge in [-0.25, -0.2) is 0 Å². The number of amidine groups is 1. The number of aliphatic hydroxyl groups is 1. The lowest BCUT2D eigenvalue weighted by Gasteiger charge is -2.28. The Kier molecular flexibility index (Phi) is 4.35. The van der Waals surface area contributed by atoms with Crippen molar-refractivity contribution in [2.75, 3.05) is 19.7 Å². The summed E-state index contributed by atoms with van der Waals surface area (Å²) in [5, 5.41) is 16.5. The molecule has 1 aliphatic rings. The highest BCUT2D eigenvalue weighted by Gasteiger charge is 2.22. The van der Waals surface area contributed by atoms with Crippen molar-refractivity contribution in [2.45, 2.75) is 32.2 Å². The Morgan fingerprint density at radius 1 is 1.64 bits per heavy atom. The fraction of sp³-hybridized carbons (Fsp3) is 0.900. The van der Waals surface area contributed by atoms with E-state index in [-0.39, 0.29) is 18.5 Å². The van der Waals surface area contributed by atoms with Gasteiger partial charge in [-0.15, -0.1) is 0 Å². The summed E-state index contributed by atoms with van der Waals surface area (Å²) in [7, 11) is 0. The summed E-state index contributed by atoms with van der Waals surface area (Å²) < 4.78 is 0. The summed E-state index contributed by atoms with van der Waals surface area (Å²) in [5.41, 5.74) is 5.48. The van der Waals surface area contributed by atoms with E-state index in [0.29, 0.717) is 5.92 Å². The largest absolute Gasteiger partial charge is 0.396 e. The number of nitrogens with two attached hydrogens (primary N) is 1. The van der Waals surface area contributed by atoms with E-state index in [0.717, 1.165) is 25.9 Å². The second-order valence-electron chi connectivity index (χ2n) is 4.17. The number of nitrogens with zero attached hydrogens (tertiary/aromatic N) is 1. The number of hydrogen-bond donors (Lipinski definition) is 3. The van der Waals surface area contributed by atoms with Crippen LogP contribution in [0, 0.1) is 11.3 Å². The van der Waals surface area contributed by atoms with Gasteiger partial charge in [-0.2, -0.15) is 0 Å². The molecule has 4 nitrogen and oxygen atoms in total. The van der Waals surface area contributed by atoms with Crippen LogP contribution in [0.15, 0.2) is 0 Å². The lowest BCUT2D eigenvalue weighted by atomic mass is 10.0. The maximum absolute atomic E-state index is 9.14. The van der Waals surface area contributed by atoms with Crippen molar-refractivity contribution in [3.05, 3.63) is 0 Å². The molecule has 0 aliphatic carbocycles. The van der Waals surface area contributed by atoms with Crippen molar-refractivity contribution in [3.8, 4) is 0 Å². The van der Waals surface area contributed by atoms with Crippen molar-refractivity contribution in [1.82, 2.24) is 4.90 Å². The SMILES string of the molecule is CC(C(=N)N)N1CCCCC(CO)C1. The zero-order valence-electron chi connectivity index (χ0n) is 8.87. The minimum atomic E-state index is 0.0159. The fourth-order valence-electron chi connectivity index (χ4n) is 1.96. The smallest absolute Gasteiger partial charge is 0.108 e. The van der Waals surface area contributed by atoms with Gasteiger partial charge in [0.1, 0.15) is 5.84 Å². The molecule has 4 heteroatoms. The molecule has 0 bridgehead atoms. The molecule has 1 saturated heterocycles. The van der Waals surface area contributed by atoms with E-state index in [1.54, 1.807) is 0 Å². The summed E-state index contributed by atoms with van der Waals surface area (Å²) in [6, 6.07) is 0.0159. The molecule has 0 amide bonds. The van der Waals surface area contributed by atoms with E-state index in [1.807, 2.05) is 6.92 Å². The molecule has 0 aromatic heterocycles. The first-order valence-corrected chi connectivity index (χ1v) is 5.34. The molecular formula is C10H21N3O. The Morgan fingerprint density at radius 2 is 2.36 bits per heavy atom. The summed E-state index contributed by atoms with van der Waals surface area (Å²) in [5.74, 6) is 0.586. The Balaban J connectivity index is 2.54. The van der Waals surface area contributed by atoms with Crippen molar-refractivity contribution in [2.24, 2.45) is 11.7 Å².